The number of hydrogen-bond acceptors (Lipinski definition) is 5. The minimum atomic E-state index is -0.262. The molecule has 0 saturated carbocycles. The predicted octanol–water partition coefficient (Wildman–Crippen LogP) is 4.71. The minimum absolute atomic E-state index is 0.262. The molecule has 0 saturated heterocycles. The Morgan fingerprint density at radius 2 is 1.66 bits per heavy atom. The van der Waals surface area contributed by atoms with Crippen LogP contribution in [0.25, 0.3) is 6.08 Å². The van der Waals surface area contributed by atoms with Gasteiger partial charge in [-0.25, -0.2) is 0 Å². The van der Waals surface area contributed by atoms with E-state index in [4.69, 9.17) is 18.9 Å². The standard InChI is InChI=1S/C23H27NO5/c1-5-14-29-19-11-8-17(15-21(19)26-4)9-13-23(25)24-18-10-12-20(27-6-2)22(16-18)28-7-3/h5,8-13,15-16H,1,6-7,14H2,2-4H3,(H,24,25)/b13-9+. The number of carbonyl (C=O) groups is 1. The summed E-state index contributed by atoms with van der Waals surface area (Å²) < 4.78 is 22.0. The van der Waals surface area contributed by atoms with Crippen LogP contribution in [0.1, 0.15) is 19.4 Å². The normalized spacial score (nSPS) is 10.4. The van der Waals surface area contributed by atoms with Gasteiger partial charge in [0, 0.05) is 17.8 Å². The van der Waals surface area contributed by atoms with Gasteiger partial charge in [0.05, 0.1) is 20.3 Å². The highest BCUT2D eigenvalue weighted by Gasteiger charge is 2.08. The van der Waals surface area contributed by atoms with Crippen molar-refractivity contribution in [2.75, 3.05) is 32.2 Å². The van der Waals surface area contributed by atoms with Gasteiger partial charge < -0.3 is 24.3 Å². The molecule has 29 heavy (non-hydrogen) atoms. The van der Waals surface area contributed by atoms with Crippen molar-refractivity contribution >= 4 is 17.7 Å². The first kappa shape index (κ1) is 21.9. The maximum absolute atomic E-state index is 12.3. The van der Waals surface area contributed by atoms with Gasteiger partial charge in [-0.05, 0) is 49.8 Å². The maximum atomic E-state index is 12.3. The van der Waals surface area contributed by atoms with Crippen LogP contribution >= 0.6 is 0 Å². The summed E-state index contributed by atoms with van der Waals surface area (Å²) >= 11 is 0. The van der Waals surface area contributed by atoms with E-state index in [1.807, 2.05) is 19.9 Å². The monoisotopic (exact) mass is 397 g/mol. The maximum Gasteiger partial charge on any atom is 0.248 e. The van der Waals surface area contributed by atoms with Gasteiger partial charge in [-0.1, -0.05) is 18.7 Å². The van der Waals surface area contributed by atoms with Gasteiger partial charge in [0.2, 0.25) is 5.91 Å². The van der Waals surface area contributed by atoms with Crippen LogP contribution in [-0.4, -0.2) is 32.8 Å². The number of anilines is 1. The summed E-state index contributed by atoms with van der Waals surface area (Å²) in [5.41, 5.74) is 1.43. The molecule has 0 radical (unpaired) electrons. The van der Waals surface area contributed by atoms with Gasteiger partial charge in [0.1, 0.15) is 6.61 Å². The molecule has 0 aromatic heterocycles. The summed E-state index contributed by atoms with van der Waals surface area (Å²) in [6.45, 7) is 8.86. The van der Waals surface area contributed by atoms with Crippen LogP contribution in [0.3, 0.4) is 0 Å². The van der Waals surface area contributed by atoms with Crippen molar-refractivity contribution in [1.82, 2.24) is 0 Å². The third-order valence-corrected chi connectivity index (χ3v) is 3.78. The zero-order valence-corrected chi connectivity index (χ0v) is 17.1. The second-order valence-electron chi connectivity index (χ2n) is 5.86. The largest absolute Gasteiger partial charge is 0.493 e. The van der Waals surface area contributed by atoms with Crippen molar-refractivity contribution in [2.24, 2.45) is 0 Å². The van der Waals surface area contributed by atoms with Gasteiger partial charge in [0.15, 0.2) is 23.0 Å². The molecule has 0 spiro atoms. The number of ether oxygens (including phenoxy) is 4. The van der Waals surface area contributed by atoms with Gasteiger partial charge in [-0.2, -0.15) is 0 Å². The van der Waals surface area contributed by atoms with E-state index in [1.54, 1.807) is 49.6 Å². The van der Waals surface area contributed by atoms with Gasteiger partial charge >= 0.3 is 0 Å². The van der Waals surface area contributed by atoms with Gasteiger partial charge in [0.25, 0.3) is 0 Å². The molecule has 6 heteroatoms. The van der Waals surface area contributed by atoms with E-state index in [-0.39, 0.29) is 5.91 Å². The van der Waals surface area contributed by atoms with Crippen molar-refractivity contribution in [3.63, 3.8) is 0 Å². The van der Waals surface area contributed by atoms with Crippen LogP contribution in [0.2, 0.25) is 0 Å². The SMILES string of the molecule is C=CCOc1ccc(/C=C/C(=O)Nc2ccc(OCC)c(OCC)c2)cc1OC. The van der Waals surface area contributed by atoms with E-state index < -0.39 is 0 Å². The summed E-state index contributed by atoms with van der Waals surface area (Å²) in [7, 11) is 1.57. The molecule has 0 aliphatic rings. The average molecular weight is 397 g/mol. The molecule has 0 atom stereocenters. The molecule has 2 rings (SSSR count). The number of hydrogen-bond donors (Lipinski definition) is 1. The molecule has 154 valence electrons. The van der Waals surface area contributed by atoms with E-state index in [1.165, 1.54) is 6.08 Å². The zero-order valence-electron chi connectivity index (χ0n) is 17.1. The molecule has 0 fully saturated rings. The fraction of sp³-hybridized carbons (Fsp3) is 0.261. The van der Waals surface area contributed by atoms with Crippen LogP contribution in [0.5, 0.6) is 23.0 Å². The van der Waals surface area contributed by atoms with Crippen molar-refractivity contribution in [3.05, 3.63) is 60.7 Å². The lowest BCUT2D eigenvalue weighted by molar-refractivity contribution is -0.111. The van der Waals surface area contributed by atoms with E-state index in [9.17, 15) is 4.79 Å². The first-order valence-corrected chi connectivity index (χ1v) is 9.41. The smallest absolute Gasteiger partial charge is 0.248 e. The lowest BCUT2D eigenvalue weighted by atomic mass is 10.2. The molecule has 2 aromatic carbocycles. The lowest BCUT2D eigenvalue weighted by Gasteiger charge is -2.12. The highest BCUT2D eigenvalue weighted by Crippen LogP contribution is 2.31. The Hall–Kier alpha value is -3.41. The Labute approximate surface area is 171 Å². The van der Waals surface area contributed by atoms with Crippen molar-refractivity contribution < 1.29 is 23.7 Å². The fourth-order valence-electron chi connectivity index (χ4n) is 2.54. The molecular formula is C23H27NO5. The average Bonchev–Trinajstić information content (AvgIpc) is 2.73. The number of carbonyl (C=O) groups excluding carboxylic acids is 1. The Kier molecular flexibility index (Phi) is 8.63. The van der Waals surface area contributed by atoms with E-state index >= 15 is 0 Å². The Balaban J connectivity index is 2.07. The molecule has 0 bridgehead atoms. The number of rotatable bonds is 11. The number of benzene rings is 2. The Bertz CT molecular complexity index is 860. The number of amides is 1. The van der Waals surface area contributed by atoms with E-state index in [0.717, 1.165) is 5.56 Å². The van der Waals surface area contributed by atoms with Crippen LogP contribution in [0.15, 0.2) is 55.1 Å². The molecule has 1 amide bonds. The minimum Gasteiger partial charge on any atom is -0.493 e. The third-order valence-electron chi connectivity index (χ3n) is 3.78. The van der Waals surface area contributed by atoms with Crippen LogP contribution in [0, 0.1) is 0 Å². The summed E-state index contributed by atoms with van der Waals surface area (Å²) in [6, 6.07) is 10.7. The summed E-state index contributed by atoms with van der Waals surface area (Å²) in [6.07, 6.45) is 4.82. The molecule has 2 aromatic rings. The van der Waals surface area contributed by atoms with E-state index in [2.05, 4.69) is 11.9 Å². The molecule has 0 unspecified atom stereocenters. The second kappa shape index (κ2) is 11.4. The molecule has 6 nitrogen and oxygen atoms in total. The second-order valence-corrected chi connectivity index (χ2v) is 5.86. The Morgan fingerprint density at radius 1 is 0.966 bits per heavy atom. The molecule has 0 aliphatic carbocycles. The predicted molar refractivity (Wildman–Crippen MR) is 115 cm³/mol. The summed E-state index contributed by atoms with van der Waals surface area (Å²) in [5.74, 6) is 2.18. The zero-order chi connectivity index (χ0) is 21.1. The van der Waals surface area contributed by atoms with Crippen LogP contribution < -0.4 is 24.3 Å². The first-order chi connectivity index (χ1) is 14.1. The van der Waals surface area contributed by atoms with Crippen LogP contribution in [-0.2, 0) is 4.79 Å². The highest BCUT2D eigenvalue weighted by atomic mass is 16.5. The Morgan fingerprint density at radius 3 is 2.34 bits per heavy atom. The van der Waals surface area contributed by atoms with Crippen molar-refractivity contribution in [3.8, 4) is 23.0 Å². The molecule has 0 heterocycles. The quantitative estimate of drug-likeness (QED) is 0.439. The van der Waals surface area contributed by atoms with Crippen LogP contribution in [0.4, 0.5) is 5.69 Å². The fourth-order valence-corrected chi connectivity index (χ4v) is 2.54. The van der Waals surface area contributed by atoms with E-state index in [0.29, 0.717) is 48.5 Å². The van der Waals surface area contributed by atoms with Crippen molar-refractivity contribution in [2.45, 2.75) is 13.8 Å². The molecular weight excluding hydrogens is 370 g/mol. The summed E-state index contributed by atoms with van der Waals surface area (Å²) in [5, 5.41) is 2.82. The topological polar surface area (TPSA) is 66.0 Å². The summed E-state index contributed by atoms with van der Waals surface area (Å²) in [4.78, 5) is 12.3. The van der Waals surface area contributed by atoms with Gasteiger partial charge in [-0.15, -0.1) is 0 Å². The highest BCUT2D eigenvalue weighted by molar-refractivity contribution is 6.02. The number of methoxy groups -OCH3 is 1. The molecule has 0 aliphatic heterocycles. The van der Waals surface area contributed by atoms with Gasteiger partial charge in [-0.3, -0.25) is 4.79 Å². The molecule has 1 N–H and O–H groups in total. The third kappa shape index (κ3) is 6.60. The van der Waals surface area contributed by atoms with Crippen molar-refractivity contribution in [1.29, 1.82) is 0 Å². The number of nitrogens with one attached hydrogen (secondary N) is 1. The lowest BCUT2D eigenvalue weighted by Crippen LogP contribution is -2.08. The first-order valence-electron chi connectivity index (χ1n) is 9.41.